The van der Waals surface area contributed by atoms with Gasteiger partial charge in [0.1, 0.15) is 11.3 Å². The third-order valence-electron chi connectivity index (χ3n) is 3.39. The van der Waals surface area contributed by atoms with E-state index in [0.29, 0.717) is 17.1 Å². The Labute approximate surface area is 137 Å². The van der Waals surface area contributed by atoms with E-state index in [1.54, 1.807) is 44.2 Å². The number of benzene rings is 1. The van der Waals surface area contributed by atoms with Crippen molar-refractivity contribution < 1.29 is 18.5 Å². The van der Waals surface area contributed by atoms with Crippen LogP contribution >= 0.6 is 0 Å². The van der Waals surface area contributed by atoms with Crippen LogP contribution in [0.25, 0.3) is 11.0 Å². The summed E-state index contributed by atoms with van der Waals surface area (Å²) in [4.78, 5) is 23.3. The highest BCUT2D eigenvalue weighted by Gasteiger charge is 2.15. The Morgan fingerprint density at radius 2 is 2.08 bits per heavy atom. The van der Waals surface area contributed by atoms with Gasteiger partial charge in [0, 0.05) is 23.6 Å². The maximum atomic E-state index is 12.1. The molecule has 0 aliphatic carbocycles. The number of carbonyl (C=O) groups excluding carboxylic acids is 1. The van der Waals surface area contributed by atoms with Gasteiger partial charge >= 0.3 is 5.63 Å². The monoisotopic (exact) mass is 328 g/mol. The predicted octanol–water partition coefficient (Wildman–Crippen LogP) is 2.17. The zero-order valence-electron chi connectivity index (χ0n) is 13.2. The molecule has 1 atom stereocenters. The minimum absolute atomic E-state index is 0.236. The molecule has 7 heteroatoms. The molecule has 1 unspecified atom stereocenters. The highest BCUT2D eigenvalue weighted by atomic mass is 16.5. The number of aryl methyl sites for hydroxylation is 1. The van der Waals surface area contributed by atoms with E-state index < -0.39 is 11.7 Å². The highest BCUT2D eigenvalue weighted by molar-refractivity contribution is 5.81. The van der Waals surface area contributed by atoms with Gasteiger partial charge in [-0.1, -0.05) is 5.16 Å². The Kier molecular flexibility index (Phi) is 4.33. The maximum Gasteiger partial charge on any atom is 0.336 e. The predicted molar refractivity (Wildman–Crippen MR) is 85.7 cm³/mol. The SMILES string of the molecule is Cc1cc(CNC(=O)C(C)Oc2ccc3ccc(=O)oc3c2)on1. The van der Waals surface area contributed by atoms with Crippen molar-refractivity contribution in [3.63, 3.8) is 0 Å². The summed E-state index contributed by atoms with van der Waals surface area (Å²) in [5, 5.41) is 7.23. The molecule has 24 heavy (non-hydrogen) atoms. The zero-order valence-corrected chi connectivity index (χ0v) is 13.2. The number of rotatable bonds is 5. The summed E-state index contributed by atoms with van der Waals surface area (Å²) in [7, 11) is 0. The van der Waals surface area contributed by atoms with Crippen molar-refractivity contribution in [1.82, 2.24) is 10.5 Å². The van der Waals surface area contributed by atoms with Crippen LogP contribution < -0.4 is 15.7 Å². The number of nitrogens with zero attached hydrogens (tertiary/aromatic N) is 1. The molecule has 1 amide bonds. The summed E-state index contributed by atoms with van der Waals surface area (Å²) < 4.78 is 15.7. The van der Waals surface area contributed by atoms with E-state index >= 15 is 0 Å². The Hall–Kier alpha value is -3.09. The summed E-state index contributed by atoms with van der Waals surface area (Å²) in [6, 6.07) is 9.82. The quantitative estimate of drug-likeness (QED) is 0.721. The molecule has 0 spiro atoms. The fourth-order valence-electron chi connectivity index (χ4n) is 2.19. The fourth-order valence-corrected chi connectivity index (χ4v) is 2.19. The molecule has 1 N–H and O–H groups in total. The Morgan fingerprint density at radius 1 is 1.29 bits per heavy atom. The molecule has 0 fully saturated rings. The van der Waals surface area contributed by atoms with Gasteiger partial charge in [-0.15, -0.1) is 0 Å². The van der Waals surface area contributed by atoms with Gasteiger partial charge in [-0.25, -0.2) is 4.79 Å². The Bertz CT molecular complexity index is 928. The fraction of sp³-hybridized carbons (Fsp3) is 0.235. The van der Waals surface area contributed by atoms with Crippen LogP contribution in [0.1, 0.15) is 18.4 Å². The van der Waals surface area contributed by atoms with Crippen molar-refractivity contribution in [1.29, 1.82) is 0 Å². The number of aromatic nitrogens is 1. The van der Waals surface area contributed by atoms with E-state index in [1.165, 1.54) is 6.07 Å². The molecule has 0 saturated carbocycles. The van der Waals surface area contributed by atoms with Crippen LogP contribution in [0.2, 0.25) is 0 Å². The first kappa shape index (κ1) is 15.8. The number of amides is 1. The van der Waals surface area contributed by atoms with Gasteiger partial charge in [-0.05, 0) is 32.0 Å². The van der Waals surface area contributed by atoms with Crippen LogP contribution in [0, 0.1) is 6.92 Å². The molecule has 2 aromatic heterocycles. The van der Waals surface area contributed by atoms with Gasteiger partial charge in [0.25, 0.3) is 5.91 Å². The zero-order chi connectivity index (χ0) is 17.1. The molecule has 0 saturated heterocycles. The molecular weight excluding hydrogens is 312 g/mol. The van der Waals surface area contributed by atoms with E-state index in [9.17, 15) is 9.59 Å². The molecule has 2 heterocycles. The number of nitrogens with one attached hydrogen (secondary N) is 1. The molecule has 0 aliphatic heterocycles. The lowest BCUT2D eigenvalue weighted by molar-refractivity contribution is -0.127. The van der Waals surface area contributed by atoms with Crippen molar-refractivity contribution in [3.8, 4) is 5.75 Å². The van der Waals surface area contributed by atoms with Crippen LogP contribution in [-0.2, 0) is 11.3 Å². The molecule has 0 aliphatic rings. The highest BCUT2D eigenvalue weighted by Crippen LogP contribution is 2.20. The van der Waals surface area contributed by atoms with Gasteiger partial charge in [0.05, 0.1) is 12.2 Å². The van der Waals surface area contributed by atoms with Crippen LogP contribution in [0.5, 0.6) is 5.75 Å². The maximum absolute atomic E-state index is 12.1. The second-order valence-corrected chi connectivity index (χ2v) is 5.37. The smallest absolute Gasteiger partial charge is 0.336 e. The summed E-state index contributed by atoms with van der Waals surface area (Å²) in [5.74, 6) is 0.717. The summed E-state index contributed by atoms with van der Waals surface area (Å²) in [6.45, 7) is 3.67. The van der Waals surface area contributed by atoms with E-state index in [-0.39, 0.29) is 12.5 Å². The molecule has 7 nitrogen and oxygen atoms in total. The third-order valence-corrected chi connectivity index (χ3v) is 3.39. The largest absolute Gasteiger partial charge is 0.481 e. The third kappa shape index (κ3) is 3.62. The van der Waals surface area contributed by atoms with Crippen molar-refractivity contribution in [2.45, 2.75) is 26.5 Å². The van der Waals surface area contributed by atoms with Crippen LogP contribution in [0.15, 0.2) is 50.1 Å². The van der Waals surface area contributed by atoms with Gasteiger partial charge < -0.3 is 19.0 Å². The van der Waals surface area contributed by atoms with Crippen molar-refractivity contribution in [3.05, 3.63) is 58.3 Å². The topological polar surface area (TPSA) is 94.6 Å². The van der Waals surface area contributed by atoms with Crippen molar-refractivity contribution in [2.75, 3.05) is 0 Å². The van der Waals surface area contributed by atoms with Gasteiger partial charge in [0.15, 0.2) is 11.9 Å². The molecule has 3 aromatic rings. The minimum Gasteiger partial charge on any atom is -0.481 e. The second-order valence-electron chi connectivity index (χ2n) is 5.37. The minimum atomic E-state index is -0.720. The Morgan fingerprint density at radius 3 is 2.83 bits per heavy atom. The first-order valence-corrected chi connectivity index (χ1v) is 7.42. The van der Waals surface area contributed by atoms with E-state index in [2.05, 4.69) is 10.5 Å². The lowest BCUT2D eigenvalue weighted by Gasteiger charge is -2.14. The molecule has 3 rings (SSSR count). The van der Waals surface area contributed by atoms with E-state index in [0.717, 1.165) is 11.1 Å². The lowest BCUT2D eigenvalue weighted by Crippen LogP contribution is -2.35. The van der Waals surface area contributed by atoms with E-state index in [4.69, 9.17) is 13.7 Å². The average Bonchev–Trinajstić information content (AvgIpc) is 2.97. The normalized spacial score (nSPS) is 12.1. The average molecular weight is 328 g/mol. The summed E-state index contributed by atoms with van der Waals surface area (Å²) >= 11 is 0. The lowest BCUT2D eigenvalue weighted by atomic mass is 10.2. The number of ether oxygens (including phenoxy) is 1. The molecule has 1 aromatic carbocycles. The molecular formula is C17H16N2O5. The van der Waals surface area contributed by atoms with Crippen LogP contribution in [0.4, 0.5) is 0 Å². The van der Waals surface area contributed by atoms with Gasteiger partial charge in [0.2, 0.25) is 0 Å². The molecule has 124 valence electrons. The number of hydrogen-bond acceptors (Lipinski definition) is 6. The molecule has 0 bridgehead atoms. The van der Waals surface area contributed by atoms with Gasteiger partial charge in [-0.2, -0.15) is 0 Å². The Balaban J connectivity index is 1.64. The second kappa shape index (κ2) is 6.57. The van der Waals surface area contributed by atoms with Gasteiger partial charge in [-0.3, -0.25) is 4.79 Å². The first-order chi connectivity index (χ1) is 11.5. The summed E-state index contributed by atoms with van der Waals surface area (Å²) in [5.41, 5.74) is 0.721. The van der Waals surface area contributed by atoms with Crippen LogP contribution in [0.3, 0.4) is 0 Å². The summed E-state index contributed by atoms with van der Waals surface area (Å²) in [6.07, 6.45) is -0.720. The number of hydrogen-bond donors (Lipinski definition) is 1. The number of carbonyl (C=O) groups is 1. The van der Waals surface area contributed by atoms with Crippen molar-refractivity contribution >= 4 is 16.9 Å². The standard InChI is InChI=1S/C17H16N2O5/c1-10-7-14(24-19-10)9-18-17(21)11(2)22-13-5-3-12-4-6-16(20)23-15(12)8-13/h3-8,11H,9H2,1-2H3,(H,18,21). The van der Waals surface area contributed by atoms with Crippen molar-refractivity contribution in [2.24, 2.45) is 0 Å². The molecule has 0 radical (unpaired) electrons. The van der Waals surface area contributed by atoms with Crippen LogP contribution in [-0.4, -0.2) is 17.2 Å². The number of fused-ring (bicyclic) bond motifs is 1. The van der Waals surface area contributed by atoms with E-state index in [1.807, 2.05) is 0 Å². The first-order valence-electron chi connectivity index (χ1n) is 7.42.